The summed E-state index contributed by atoms with van der Waals surface area (Å²) in [7, 11) is 0. The fraction of sp³-hybridized carbons (Fsp3) is 1.00. The highest BCUT2D eigenvalue weighted by molar-refractivity contribution is 4.86. The largest absolute Gasteiger partial charge is 0.326 e. The number of hydrogen-bond donors (Lipinski definition) is 1. The van der Waals surface area contributed by atoms with E-state index in [4.69, 9.17) is 5.73 Å². The zero-order valence-corrected chi connectivity index (χ0v) is 13.0. The second-order valence-electron chi connectivity index (χ2n) is 6.92. The van der Waals surface area contributed by atoms with E-state index in [1.807, 2.05) is 0 Å². The first kappa shape index (κ1) is 16.0. The molecule has 0 spiro atoms. The van der Waals surface area contributed by atoms with Crippen LogP contribution in [0.4, 0.5) is 0 Å². The Morgan fingerprint density at radius 2 is 1.44 bits per heavy atom. The zero-order chi connectivity index (χ0) is 13.5. The lowest BCUT2D eigenvalue weighted by molar-refractivity contribution is 0.125. The minimum absolute atomic E-state index is 0.415. The molecule has 1 aliphatic rings. The van der Waals surface area contributed by atoms with Gasteiger partial charge in [-0.3, -0.25) is 4.90 Å². The van der Waals surface area contributed by atoms with Gasteiger partial charge in [-0.25, -0.2) is 0 Å². The Morgan fingerprint density at radius 3 is 1.89 bits per heavy atom. The van der Waals surface area contributed by atoms with Gasteiger partial charge in [0.05, 0.1) is 0 Å². The van der Waals surface area contributed by atoms with Crippen LogP contribution >= 0.6 is 0 Å². The fourth-order valence-electron chi connectivity index (χ4n) is 2.88. The SMILES string of the molecule is CC(C)CCN(CCC(C)C)[C@@H]1CCCC[C@H]1N. The lowest BCUT2D eigenvalue weighted by Gasteiger charge is -2.39. The maximum atomic E-state index is 6.35. The van der Waals surface area contributed by atoms with Crippen LogP contribution in [0.5, 0.6) is 0 Å². The van der Waals surface area contributed by atoms with E-state index in [0.29, 0.717) is 12.1 Å². The summed E-state index contributed by atoms with van der Waals surface area (Å²) in [4.78, 5) is 2.70. The molecular weight excluding hydrogens is 220 g/mol. The molecule has 0 aliphatic heterocycles. The summed E-state index contributed by atoms with van der Waals surface area (Å²) in [5.41, 5.74) is 6.35. The maximum absolute atomic E-state index is 6.35. The summed E-state index contributed by atoms with van der Waals surface area (Å²) in [5.74, 6) is 1.60. The van der Waals surface area contributed by atoms with E-state index in [2.05, 4.69) is 32.6 Å². The van der Waals surface area contributed by atoms with Crippen molar-refractivity contribution in [3.8, 4) is 0 Å². The molecule has 0 aromatic rings. The first-order valence-electron chi connectivity index (χ1n) is 8.00. The number of hydrogen-bond acceptors (Lipinski definition) is 2. The maximum Gasteiger partial charge on any atom is 0.0247 e. The Kier molecular flexibility index (Phi) is 7.25. The van der Waals surface area contributed by atoms with Crippen molar-refractivity contribution in [1.29, 1.82) is 0 Å². The number of rotatable bonds is 7. The second-order valence-corrected chi connectivity index (χ2v) is 6.92. The Morgan fingerprint density at radius 1 is 0.944 bits per heavy atom. The minimum atomic E-state index is 0.415. The first-order valence-corrected chi connectivity index (χ1v) is 8.00. The molecule has 0 bridgehead atoms. The van der Waals surface area contributed by atoms with E-state index in [1.165, 1.54) is 51.6 Å². The van der Waals surface area contributed by atoms with Gasteiger partial charge in [0.1, 0.15) is 0 Å². The van der Waals surface area contributed by atoms with Gasteiger partial charge < -0.3 is 5.73 Å². The van der Waals surface area contributed by atoms with Crippen LogP contribution in [-0.2, 0) is 0 Å². The molecule has 1 rings (SSSR count). The molecule has 0 amide bonds. The zero-order valence-electron chi connectivity index (χ0n) is 13.0. The smallest absolute Gasteiger partial charge is 0.0247 e. The molecule has 2 N–H and O–H groups in total. The van der Waals surface area contributed by atoms with E-state index in [-0.39, 0.29) is 0 Å². The van der Waals surface area contributed by atoms with E-state index in [0.717, 1.165) is 11.8 Å². The third-order valence-corrected chi connectivity index (χ3v) is 4.24. The molecule has 2 nitrogen and oxygen atoms in total. The van der Waals surface area contributed by atoms with E-state index >= 15 is 0 Å². The van der Waals surface area contributed by atoms with Crippen LogP contribution in [0.2, 0.25) is 0 Å². The average Bonchev–Trinajstić information content (AvgIpc) is 2.30. The van der Waals surface area contributed by atoms with Crippen LogP contribution < -0.4 is 5.73 Å². The van der Waals surface area contributed by atoms with Gasteiger partial charge in [0, 0.05) is 12.1 Å². The standard InChI is InChI=1S/C16H34N2/c1-13(2)9-11-18(12-10-14(3)4)16-8-6-5-7-15(16)17/h13-16H,5-12,17H2,1-4H3/t15-,16-/m1/s1. The van der Waals surface area contributed by atoms with E-state index in [9.17, 15) is 0 Å². The summed E-state index contributed by atoms with van der Waals surface area (Å²) < 4.78 is 0. The van der Waals surface area contributed by atoms with Crippen LogP contribution in [0.15, 0.2) is 0 Å². The highest BCUT2D eigenvalue weighted by Gasteiger charge is 2.27. The van der Waals surface area contributed by atoms with Crippen molar-refractivity contribution in [2.24, 2.45) is 17.6 Å². The highest BCUT2D eigenvalue weighted by Crippen LogP contribution is 2.23. The molecule has 1 fully saturated rings. The van der Waals surface area contributed by atoms with Crippen molar-refractivity contribution in [2.45, 2.75) is 78.3 Å². The summed E-state index contributed by atoms with van der Waals surface area (Å²) in [6, 6.07) is 1.06. The molecule has 1 saturated carbocycles. The van der Waals surface area contributed by atoms with Crippen molar-refractivity contribution in [1.82, 2.24) is 4.90 Å². The average molecular weight is 254 g/mol. The lowest BCUT2D eigenvalue weighted by atomic mass is 9.89. The van der Waals surface area contributed by atoms with Gasteiger partial charge in [-0.1, -0.05) is 40.5 Å². The highest BCUT2D eigenvalue weighted by atomic mass is 15.2. The number of nitrogens with two attached hydrogens (primary N) is 1. The second kappa shape index (κ2) is 8.16. The molecule has 1 aliphatic carbocycles. The van der Waals surface area contributed by atoms with Crippen LogP contribution in [0.3, 0.4) is 0 Å². The van der Waals surface area contributed by atoms with E-state index in [1.54, 1.807) is 0 Å². The van der Waals surface area contributed by atoms with Gasteiger partial charge in [0.2, 0.25) is 0 Å². The normalized spacial score (nSPS) is 25.3. The quantitative estimate of drug-likeness (QED) is 0.751. The van der Waals surface area contributed by atoms with Gasteiger partial charge in [0.25, 0.3) is 0 Å². The van der Waals surface area contributed by atoms with Gasteiger partial charge in [-0.05, 0) is 50.6 Å². The third kappa shape index (κ3) is 5.71. The molecule has 0 heterocycles. The van der Waals surface area contributed by atoms with Crippen LogP contribution in [0, 0.1) is 11.8 Å². The van der Waals surface area contributed by atoms with Gasteiger partial charge in [-0.2, -0.15) is 0 Å². The molecular formula is C16H34N2. The molecule has 2 heteroatoms. The van der Waals surface area contributed by atoms with Crippen LogP contribution in [0.25, 0.3) is 0 Å². The predicted molar refractivity (Wildman–Crippen MR) is 80.7 cm³/mol. The molecule has 18 heavy (non-hydrogen) atoms. The first-order chi connectivity index (χ1) is 8.50. The molecule has 0 unspecified atom stereocenters. The van der Waals surface area contributed by atoms with Gasteiger partial charge in [0.15, 0.2) is 0 Å². The fourth-order valence-corrected chi connectivity index (χ4v) is 2.88. The predicted octanol–water partition coefficient (Wildman–Crippen LogP) is 3.65. The summed E-state index contributed by atoms with van der Waals surface area (Å²) in [6.45, 7) is 11.8. The summed E-state index contributed by atoms with van der Waals surface area (Å²) in [5, 5.41) is 0. The minimum Gasteiger partial charge on any atom is -0.326 e. The van der Waals surface area contributed by atoms with Gasteiger partial charge in [-0.15, -0.1) is 0 Å². The van der Waals surface area contributed by atoms with Crippen molar-refractivity contribution >= 4 is 0 Å². The Bertz CT molecular complexity index is 201. The third-order valence-electron chi connectivity index (χ3n) is 4.24. The molecule has 0 aromatic carbocycles. The molecule has 2 atom stereocenters. The van der Waals surface area contributed by atoms with Crippen molar-refractivity contribution in [2.75, 3.05) is 13.1 Å². The van der Waals surface area contributed by atoms with E-state index < -0.39 is 0 Å². The Hall–Kier alpha value is -0.0800. The Balaban J connectivity index is 2.50. The van der Waals surface area contributed by atoms with Crippen molar-refractivity contribution in [3.05, 3.63) is 0 Å². The monoisotopic (exact) mass is 254 g/mol. The van der Waals surface area contributed by atoms with Crippen molar-refractivity contribution < 1.29 is 0 Å². The topological polar surface area (TPSA) is 29.3 Å². The lowest BCUT2D eigenvalue weighted by Crippen LogP contribution is -2.50. The molecule has 0 radical (unpaired) electrons. The van der Waals surface area contributed by atoms with Gasteiger partial charge >= 0.3 is 0 Å². The Labute approximate surface area is 114 Å². The summed E-state index contributed by atoms with van der Waals surface area (Å²) in [6.07, 6.45) is 7.86. The molecule has 108 valence electrons. The van der Waals surface area contributed by atoms with Crippen LogP contribution in [-0.4, -0.2) is 30.1 Å². The van der Waals surface area contributed by atoms with Crippen LogP contribution in [0.1, 0.15) is 66.2 Å². The molecule has 0 saturated heterocycles. The summed E-state index contributed by atoms with van der Waals surface area (Å²) >= 11 is 0. The molecule has 0 aromatic heterocycles. The number of nitrogens with zero attached hydrogens (tertiary/aromatic N) is 1. The van der Waals surface area contributed by atoms with Crippen molar-refractivity contribution in [3.63, 3.8) is 0 Å².